The van der Waals surface area contributed by atoms with Crippen LogP contribution in [-0.4, -0.2) is 15.8 Å². The Bertz CT molecular complexity index is 810. The van der Waals surface area contributed by atoms with E-state index >= 15 is 0 Å². The summed E-state index contributed by atoms with van der Waals surface area (Å²) < 4.78 is 12.8. The van der Waals surface area contributed by atoms with Gasteiger partial charge in [-0.1, -0.05) is 11.6 Å². The van der Waals surface area contributed by atoms with Gasteiger partial charge in [-0.3, -0.25) is 25.0 Å². The third-order valence-electron chi connectivity index (χ3n) is 2.79. The van der Waals surface area contributed by atoms with E-state index in [1.54, 1.807) is 0 Å². The number of nitro groups is 2. The zero-order valence-electron chi connectivity index (χ0n) is 11.2. The first-order valence-corrected chi connectivity index (χ1v) is 6.36. The van der Waals surface area contributed by atoms with E-state index in [1.807, 2.05) is 0 Å². The SMILES string of the molecule is O=C(Nc1ccc(F)cc1)c1cc([N+](=O)[O-])cc([N+](=O)[O-])c1Cl. The highest BCUT2D eigenvalue weighted by atomic mass is 35.5. The number of nitrogens with one attached hydrogen (secondary N) is 1. The molecule has 0 saturated carbocycles. The molecule has 0 aliphatic carbocycles. The molecule has 1 N–H and O–H groups in total. The lowest BCUT2D eigenvalue weighted by Gasteiger charge is -2.07. The van der Waals surface area contributed by atoms with E-state index in [9.17, 15) is 29.4 Å². The molecule has 0 bridgehead atoms. The summed E-state index contributed by atoms with van der Waals surface area (Å²) in [6.45, 7) is 0. The Morgan fingerprint density at radius 2 is 1.70 bits per heavy atom. The molecule has 8 nitrogen and oxygen atoms in total. The van der Waals surface area contributed by atoms with Crippen LogP contribution in [0.25, 0.3) is 0 Å². The van der Waals surface area contributed by atoms with Gasteiger partial charge in [-0.2, -0.15) is 0 Å². The van der Waals surface area contributed by atoms with Gasteiger partial charge in [0.1, 0.15) is 10.8 Å². The summed E-state index contributed by atoms with van der Waals surface area (Å²) in [6, 6.07) is 6.19. The highest BCUT2D eigenvalue weighted by Gasteiger charge is 2.26. The van der Waals surface area contributed by atoms with E-state index in [0.29, 0.717) is 6.07 Å². The van der Waals surface area contributed by atoms with Gasteiger partial charge in [0.25, 0.3) is 17.3 Å². The van der Waals surface area contributed by atoms with Crippen LogP contribution in [0.4, 0.5) is 21.5 Å². The molecule has 2 aromatic rings. The van der Waals surface area contributed by atoms with E-state index in [2.05, 4.69) is 5.32 Å². The Morgan fingerprint density at radius 1 is 1.09 bits per heavy atom. The summed E-state index contributed by atoms with van der Waals surface area (Å²) in [7, 11) is 0. The molecule has 0 radical (unpaired) electrons. The molecule has 0 saturated heterocycles. The number of nitro benzene ring substituents is 2. The molecule has 0 heterocycles. The van der Waals surface area contributed by atoms with Crippen molar-refractivity contribution in [3.8, 4) is 0 Å². The fourth-order valence-corrected chi connectivity index (χ4v) is 1.99. The quantitative estimate of drug-likeness (QED) is 0.675. The van der Waals surface area contributed by atoms with Crippen molar-refractivity contribution in [2.24, 2.45) is 0 Å². The second-order valence-electron chi connectivity index (χ2n) is 4.30. The number of non-ortho nitro benzene ring substituents is 1. The van der Waals surface area contributed by atoms with Crippen LogP contribution in [0.2, 0.25) is 5.02 Å². The average Bonchev–Trinajstić information content (AvgIpc) is 2.49. The van der Waals surface area contributed by atoms with Crippen LogP contribution in [0.3, 0.4) is 0 Å². The number of carbonyl (C=O) groups excluding carboxylic acids is 1. The number of carbonyl (C=O) groups is 1. The average molecular weight is 340 g/mol. The Kier molecular flexibility index (Phi) is 4.51. The fraction of sp³-hybridized carbons (Fsp3) is 0. The minimum absolute atomic E-state index is 0.196. The van der Waals surface area contributed by atoms with Crippen molar-refractivity contribution in [3.05, 3.63) is 73.0 Å². The molecule has 0 spiro atoms. The molecule has 10 heteroatoms. The van der Waals surface area contributed by atoms with Gasteiger partial charge in [0.05, 0.1) is 21.5 Å². The predicted molar refractivity (Wildman–Crippen MR) is 79.1 cm³/mol. The summed E-state index contributed by atoms with van der Waals surface area (Å²) in [4.78, 5) is 32.0. The maximum absolute atomic E-state index is 12.8. The Morgan fingerprint density at radius 3 is 2.22 bits per heavy atom. The number of halogens is 2. The highest BCUT2D eigenvalue weighted by Crippen LogP contribution is 2.33. The molecule has 2 aromatic carbocycles. The summed E-state index contributed by atoms with van der Waals surface area (Å²) >= 11 is 5.78. The minimum Gasteiger partial charge on any atom is -0.322 e. The largest absolute Gasteiger partial charge is 0.322 e. The van der Waals surface area contributed by atoms with Crippen LogP contribution in [0.1, 0.15) is 10.4 Å². The molecule has 0 unspecified atom stereocenters. The molecule has 2 rings (SSSR count). The van der Waals surface area contributed by atoms with Gasteiger partial charge in [0.15, 0.2) is 0 Å². The van der Waals surface area contributed by atoms with Gasteiger partial charge >= 0.3 is 0 Å². The Hall–Kier alpha value is -3.07. The van der Waals surface area contributed by atoms with E-state index in [4.69, 9.17) is 11.6 Å². The zero-order chi connectivity index (χ0) is 17.1. The number of benzene rings is 2. The maximum Gasteiger partial charge on any atom is 0.295 e. The Balaban J connectivity index is 2.44. The first-order chi connectivity index (χ1) is 10.8. The highest BCUT2D eigenvalue weighted by molar-refractivity contribution is 6.36. The summed E-state index contributed by atoms with van der Waals surface area (Å²) in [5.41, 5.74) is -1.64. The molecule has 1 amide bonds. The van der Waals surface area contributed by atoms with Crippen LogP contribution < -0.4 is 5.32 Å². The van der Waals surface area contributed by atoms with Crippen LogP contribution in [0.15, 0.2) is 36.4 Å². The summed E-state index contributed by atoms with van der Waals surface area (Å²) in [5.74, 6) is -1.42. The minimum atomic E-state index is -0.927. The third-order valence-corrected chi connectivity index (χ3v) is 3.19. The number of rotatable bonds is 4. The lowest BCUT2D eigenvalue weighted by atomic mass is 10.1. The number of nitrogens with zero attached hydrogens (tertiary/aromatic N) is 2. The number of anilines is 1. The topological polar surface area (TPSA) is 115 Å². The molecule has 0 atom stereocenters. The van der Waals surface area contributed by atoms with E-state index in [1.165, 1.54) is 12.1 Å². The number of hydrogen-bond donors (Lipinski definition) is 1. The molecule has 0 aliphatic rings. The molecule has 118 valence electrons. The normalized spacial score (nSPS) is 10.2. The second-order valence-corrected chi connectivity index (χ2v) is 4.68. The predicted octanol–water partition coefficient (Wildman–Crippen LogP) is 3.55. The van der Waals surface area contributed by atoms with Gasteiger partial charge in [0, 0.05) is 11.8 Å². The summed E-state index contributed by atoms with van der Waals surface area (Å²) in [6.07, 6.45) is 0. The second kappa shape index (κ2) is 6.36. The van der Waals surface area contributed by atoms with Gasteiger partial charge in [-0.15, -0.1) is 0 Å². The zero-order valence-corrected chi connectivity index (χ0v) is 11.9. The van der Waals surface area contributed by atoms with Crippen molar-refractivity contribution >= 4 is 34.6 Å². The number of hydrogen-bond acceptors (Lipinski definition) is 5. The Labute approximate surface area is 132 Å². The van der Waals surface area contributed by atoms with Gasteiger partial charge < -0.3 is 5.32 Å². The van der Waals surface area contributed by atoms with Crippen LogP contribution >= 0.6 is 11.6 Å². The van der Waals surface area contributed by atoms with Crippen LogP contribution in [0.5, 0.6) is 0 Å². The lowest BCUT2D eigenvalue weighted by molar-refractivity contribution is -0.394. The van der Waals surface area contributed by atoms with Crippen molar-refractivity contribution < 1.29 is 19.0 Å². The lowest BCUT2D eigenvalue weighted by Crippen LogP contribution is -2.13. The van der Waals surface area contributed by atoms with Crippen molar-refractivity contribution in [1.29, 1.82) is 0 Å². The van der Waals surface area contributed by atoms with E-state index in [-0.39, 0.29) is 5.69 Å². The van der Waals surface area contributed by atoms with Crippen LogP contribution in [0, 0.1) is 26.0 Å². The van der Waals surface area contributed by atoms with Gasteiger partial charge in [-0.25, -0.2) is 4.39 Å². The monoisotopic (exact) mass is 339 g/mol. The molecular formula is C13H7ClFN3O5. The van der Waals surface area contributed by atoms with Gasteiger partial charge in [-0.05, 0) is 24.3 Å². The first-order valence-electron chi connectivity index (χ1n) is 5.99. The van der Waals surface area contributed by atoms with E-state index < -0.39 is 43.5 Å². The maximum atomic E-state index is 12.8. The van der Waals surface area contributed by atoms with Gasteiger partial charge in [0.2, 0.25) is 0 Å². The summed E-state index contributed by atoms with van der Waals surface area (Å²) in [5, 5.41) is 23.5. The standard InChI is InChI=1S/C13H7ClFN3O5/c14-12-10(5-9(17(20)21)6-11(12)18(22)23)13(19)16-8-3-1-7(15)2-4-8/h1-6H,(H,16,19). The third kappa shape index (κ3) is 3.58. The molecule has 0 fully saturated rings. The number of amides is 1. The molecule has 0 aromatic heterocycles. The molecule has 23 heavy (non-hydrogen) atoms. The molecule has 0 aliphatic heterocycles. The fourth-order valence-electron chi connectivity index (χ4n) is 1.73. The molecular weight excluding hydrogens is 333 g/mol. The van der Waals surface area contributed by atoms with Crippen LogP contribution in [-0.2, 0) is 0 Å². The van der Waals surface area contributed by atoms with Crippen molar-refractivity contribution in [2.45, 2.75) is 0 Å². The van der Waals surface area contributed by atoms with Crippen molar-refractivity contribution in [1.82, 2.24) is 0 Å². The van der Waals surface area contributed by atoms with Crippen molar-refractivity contribution in [2.75, 3.05) is 5.32 Å². The van der Waals surface area contributed by atoms with Crippen molar-refractivity contribution in [3.63, 3.8) is 0 Å². The smallest absolute Gasteiger partial charge is 0.295 e. The first kappa shape index (κ1) is 16.3. The van der Waals surface area contributed by atoms with E-state index in [0.717, 1.165) is 18.2 Å².